The van der Waals surface area contributed by atoms with Crippen molar-refractivity contribution < 1.29 is 4.21 Å². The molecule has 0 spiro atoms. The van der Waals surface area contributed by atoms with Crippen molar-refractivity contribution in [2.45, 2.75) is 38.1 Å². The van der Waals surface area contributed by atoms with Crippen molar-refractivity contribution >= 4 is 10.8 Å². The van der Waals surface area contributed by atoms with Crippen molar-refractivity contribution in [3.05, 3.63) is 35.4 Å². The molecule has 0 amide bonds. The maximum Gasteiger partial charge on any atom is 0.0384 e. The summed E-state index contributed by atoms with van der Waals surface area (Å²) in [4.78, 5) is 0. The van der Waals surface area contributed by atoms with E-state index >= 15 is 0 Å². The number of fused-ring (bicyclic) bond motifs is 1. The zero-order chi connectivity index (χ0) is 12.3. The molecule has 0 saturated carbocycles. The van der Waals surface area contributed by atoms with Crippen molar-refractivity contribution in [3.8, 4) is 0 Å². The van der Waals surface area contributed by atoms with Gasteiger partial charge in [0.15, 0.2) is 0 Å². The number of aryl methyl sites for hydroxylation is 1. The normalized spacial score (nSPS) is 22.8. The highest BCUT2D eigenvalue weighted by molar-refractivity contribution is 7.85. The van der Waals surface area contributed by atoms with E-state index in [2.05, 4.69) is 24.3 Å². The van der Waals surface area contributed by atoms with Crippen LogP contribution in [0.15, 0.2) is 24.3 Å². The first-order valence-electron chi connectivity index (χ1n) is 6.35. The highest BCUT2D eigenvalue weighted by atomic mass is 32.2. The van der Waals surface area contributed by atoms with E-state index in [4.69, 9.17) is 5.73 Å². The molecule has 0 radical (unpaired) electrons. The predicted octanol–water partition coefficient (Wildman–Crippen LogP) is 2.20. The molecule has 0 saturated heterocycles. The van der Waals surface area contributed by atoms with Crippen LogP contribution in [0.3, 0.4) is 0 Å². The van der Waals surface area contributed by atoms with Gasteiger partial charge in [-0.2, -0.15) is 0 Å². The fraction of sp³-hybridized carbons (Fsp3) is 0.571. The second kappa shape index (κ2) is 5.78. The van der Waals surface area contributed by atoms with Gasteiger partial charge in [0.1, 0.15) is 0 Å². The van der Waals surface area contributed by atoms with Crippen LogP contribution >= 0.6 is 0 Å². The third kappa shape index (κ3) is 3.39. The summed E-state index contributed by atoms with van der Waals surface area (Å²) in [5, 5.41) is 0. The molecule has 17 heavy (non-hydrogen) atoms. The maximum atomic E-state index is 12.0. The van der Waals surface area contributed by atoms with E-state index < -0.39 is 10.8 Å². The summed E-state index contributed by atoms with van der Waals surface area (Å²) < 4.78 is 12.0. The summed E-state index contributed by atoms with van der Waals surface area (Å²) in [6, 6.07) is 8.62. The van der Waals surface area contributed by atoms with Gasteiger partial charge in [-0.3, -0.25) is 4.21 Å². The molecule has 0 fully saturated rings. The SMILES string of the molecule is CC(N)CS(=O)CC1CCCc2ccccc21. The molecule has 2 N–H and O–H groups in total. The van der Waals surface area contributed by atoms with Gasteiger partial charge >= 0.3 is 0 Å². The number of hydrogen-bond donors (Lipinski definition) is 1. The molecule has 1 aliphatic carbocycles. The van der Waals surface area contributed by atoms with Crippen LogP contribution < -0.4 is 5.73 Å². The molecular weight excluding hydrogens is 230 g/mol. The predicted molar refractivity (Wildman–Crippen MR) is 73.6 cm³/mol. The van der Waals surface area contributed by atoms with E-state index in [1.54, 1.807) is 0 Å². The van der Waals surface area contributed by atoms with Crippen LogP contribution in [0.25, 0.3) is 0 Å². The van der Waals surface area contributed by atoms with Crippen molar-refractivity contribution in [2.24, 2.45) is 5.73 Å². The fourth-order valence-corrected chi connectivity index (χ4v) is 4.13. The van der Waals surface area contributed by atoms with Gasteiger partial charge in [-0.1, -0.05) is 24.3 Å². The standard InChI is InChI=1S/C14H21NOS/c1-11(15)9-17(16)10-13-7-4-6-12-5-2-3-8-14(12)13/h2-3,5,8,11,13H,4,6-7,9-10,15H2,1H3. The third-order valence-corrected chi connectivity index (χ3v) is 5.00. The van der Waals surface area contributed by atoms with Crippen LogP contribution in [-0.2, 0) is 17.2 Å². The van der Waals surface area contributed by atoms with Crippen molar-refractivity contribution in [1.29, 1.82) is 0 Å². The minimum Gasteiger partial charge on any atom is -0.327 e. The molecule has 0 aromatic heterocycles. The van der Waals surface area contributed by atoms with Gasteiger partial charge in [-0.25, -0.2) is 0 Å². The Kier molecular flexibility index (Phi) is 4.35. The first-order chi connectivity index (χ1) is 8.16. The smallest absolute Gasteiger partial charge is 0.0384 e. The average molecular weight is 251 g/mol. The quantitative estimate of drug-likeness (QED) is 0.891. The summed E-state index contributed by atoms with van der Waals surface area (Å²) >= 11 is 0. The monoisotopic (exact) mass is 251 g/mol. The number of rotatable bonds is 4. The molecule has 2 nitrogen and oxygen atoms in total. The van der Waals surface area contributed by atoms with E-state index in [0.29, 0.717) is 11.7 Å². The molecule has 1 aromatic carbocycles. The highest BCUT2D eigenvalue weighted by Gasteiger charge is 2.21. The van der Waals surface area contributed by atoms with Crippen LogP contribution in [-0.4, -0.2) is 21.8 Å². The molecule has 3 unspecified atom stereocenters. The lowest BCUT2D eigenvalue weighted by Gasteiger charge is -2.25. The van der Waals surface area contributed by atoms with Gasteiger partial charge in [0, 0.05) is 28.3 Å². The summed E-state index contributed by atoms with van der Waals surface area (Å²) in [5.41, 5.74) is 8.56. The maximum absolute atomic E-state index is 12.0. The minimum absolute atomic E-state index is 0.0367. The van der Waals surface area contributed by atoms with E-state index in [9.17, 15) is 4.21 Å². The topological polar surface area (TPSA) is 43.1 Å². The minimum atomic E-state index is -0.780. The van der Waals surface area contributed by atoms with Crippen molar-refractivity contribution in [2.75, 3.05) is 11.5 Å². The van der Waals surface area contributed by atoms with Gasteiger partial charge in [0.25, 0.3) is 0 Å². The molecule has 3 atom stereocenters. The summed E-state index contributed by atoms with van der Waals surface area (Å²) in [5.74, 6) is 1.87. The Balaban J connectivity index is 2.06. The van der Waals surface area contributed by atoms with Gasteiger partial charge < -0.3 is 5.73 Å². The van der Waals surface area contributed by atoms with Crippen LogP contribution in [0, 0.1) is 0 Å². The van der Waals surface area contributed by atoms with E-state index in [0.717, 1.165) is 5.75 Å². The first kappa shape index (κ1) is 12.8. The van der Waals surface area contributed by atoms with Crippen LogP contribution in [0.2, 0.25) is 0 Å². The van der Waals surface area contributed by atoms with Crippen LogP contribution in [0.5, 0.6) is 0 Å². The van der Waals surface area contributed by atoms with Gasteiger partial charge in [-0.05, 0) is 43.2 Å². The number of hydrogen-bond acceptors (Lipinski definition) is 2. The van der Waals surface area contributed by atoms with Gasteiger partial charge in [0.2, 0.25) is 0 Å². The Labute approximate surface area is 106 Å². The summed E-state index contributed by atoms with van der Waals surface area (Å²) in [6.07, 6.45) is 3.56. The first-order valence-corrected chi connectivity index (χ1v) is 7.84. The Morgan fingerprint density at radius 1 is 1.47 bits per heavy atom. The second-order valence-corrected chi connectivity index (χ2v) is 6.58. The number of benzene rings is 1. The van der Waals surface area contributed by atoms with Crippen molar-refractivity contribution in [3.63, 3.8) is 0 Å². The molecule has 1 aliphatic rings. The van der Waals surface area contributed by atoms with Crippen LogP contribution in [0.1, 0.15) is 36.8 Å². The van der Waals surface area contributed by atoms with Gasteiger partial charge in [-0.15, -0.1) is 0 Å². The summed E-state index contributed by atoms with van der Waals surface area (Å²) in [7, 11) is -0.780. The summed E-state index contributed by atoms with van der Waals surface area (Å²) in [6.45, 7) is 1.92. The van der Waals surface area contributed by atoms with E-state index in [1.807, 2.05) is 6.92 Å². The molecule has 0 bridgehead atoms. The lowest BCUT2D eigenvalue weighted by molar-refractivity contribution is 0.587. The largest absolute Gasteiger partial charge is 0.327 e. The Bertz CT molecular complexity index is 403. The number of nitrogens with two attached hydrogens (primary N) is 1. The second-order valence-electron chi connectivity index (χ2n) is 5.04. The Morgan fingerprint density at radius 2 is 2.24 bits per heavy atom. The lowest BCUT2D eigenvalue weighted by Crippen LogP contribution is -2.26. The molecular formula is C14H21NOS. The molecule has 2 rings (SSSR count). The molecule has 1 aromatic rings. The Hall–Kier alpha value is -0.670. The lowest BCUT2D eigenvalue weighted by atomic mass is 9.84. The van der Waals surface area contributed by atoms with Crippen LogP contribution in [0.4, 0.5) is 0 Å². The van der Waals surface area contributed by atoms with Gasteiger partial charge in [0.05, 0.1) is 0 Å². The molecule has 0 aliphatic heterocycles. The zero-order valence-corrected chi connectivity index (χ0v) is 11.2. The Morgan fingerprint density at radius 3 is 3.00 bits per heavy atom. The third-order valence-electron chi connectivity index (χ3n) is 3.33. The zero-order valence-electron chi connectivity index (χ0n) is 10.4. The average Bonchev–Trinajstić information content (AvgIpc) is 2.28. The molecule has 0 heterocycles. The van der Waals surface area contributed by atoms with E-state index in [-0.39, 0.29) is 6.04 Å². The van der Waals surface area contributed by atoms with Crippen molar-refractivity contribution in [1.82, 2.24) is 0 Å². The molecule has 94 valence electrons. The van der Waals surface area contributed by atoms with E-state index in [1.165, 1.54) is 30.4 Å². The highest BCUT2D eigenvalue weighted by Crippen LogP contribution is 2.31. The fourth-order valence-electron chi connectivity index (χ4n) is 2.61. The molecule has 3 heteroatoms.